The maximum absolute atomic E-state index is 13.0. The molecule has 0 aromatic heterocycles. The second kappa shape index (κ2) is 5.98. The third-order valence-electron chi connectivity index (χ3n) is 2.64. The third-order valence-corrected chi connectivity index (χ3v) is 4.65. The first-order valence-corrected chi connectivity index (χ1v) is 6.92. The molecule has 0 unspecified atom stereocenters. The fourth-order valence-corrected chi connectivity index (χ4v) is 2.89. The summed E-state index contributed by atoms with van der Waals surface area (Å²) in [5.41, 5.74) is 5.61. The maximum atomic E-state index is 13.0. The molecular formula is C11H16FN3O3S. The Bertz CT molecular complexity index is 587. The van der Waals surface area contributed by atoms with Crippen molar-refractivity contribution in [3.63, 3.8) is 0 Å². The molecule has 0 saturated heterocycles. The Hall–Kier alpha value is -1.67. The van der Waals surface area contributed by atoms with Crippen molar-refractivity contribution in [3.8, 4) is 0 Å². The summed E-state index contributed by atoms with van der Waals surface area (Å²) in [6, 6.07) is 3.47. The molecule has 3 N–H and O–H groups in total. The van der Waals surface area contributed by atoms with Crippen LogP contribution in [0.3, 0.4) is 0 Å². The molecule has 0 aliphatic rings. The second-order valence-corrected chi connectivity index (χ2v) is 6.09. The average Bonchev–Trinajstić information content (AvgIpc) is 2.34. The predicted octanol–water partition coefficient (Wildman–Crippen LogP) is 0.891. The van der Waals surface area contributed by atoms with Gasteiger partial charge in [0.15, 0.2) is 0 Å². The number of oxime groups is 1. The summed E-state index contributed by atoms with van der Waals surface area (Å²) >= 11 is 0. The quantitative estimate of drug-likeness (QED) is 0.364. The third kappa shape index (κ3) is 3.65. The summed E-state index contributed by atoms with van der Waals surface area (Å²) in [4.78, 5) is 0.0379. The summed E-state index contributed by atoms with van der Waals surface area (Å²) in [7, 11) is -2.34. The number of nitrogens with two attached hydrogens (primary N) is 1. The lowest BCUT2D eigenvalue weighted by atomic mass is 10.2. The lowest BCUT2D eigenvalue weighted by Gasteiger charge is -2.18. The normalized spacial score (nSPS) is 12.9. The Morgan fingerprint density at radius 3 is 2.68 bits per heavy atom. The number of sulfonamides is 1. The zero-order valence-corrected chi connectivity index (χ0v) is 11.5. The molecule has 1 aromatic rings. The molecule has 0 bridgehead atoms. The monoisotopic (exact) mass is 289 g/mol. The van der Waals surface area contributed by atoms with Crippen LogP contribution in [0.25, 0.3) is 0 Å². The van der Waals surface area contributed by atoms with E-state index in [1.54, 1.807) is 0 Å². The van der Waals surface area contributed by atoms with Gasteiger partial charge in [-0.2, -0.15) is 0 Å². The van der Waals surface area contributed by atoms with Crippen LogP contribution in [0.4, 0.5) is 4.39 Å². The number of benzene rings is 1. The van der Waals surface area contributed by atoms with E-state index in [4.69, 9.17) is 10.9 Å². The van der Waals surface area contributed by atoms with Crippen LogP contribution in [0.5, 0.6) is 0 Å². The Kier molecular flexibility index (Phi) is 4.84. The Morgan fingerprint density at radius 1 is 1.53 bits per heavy atom. The largest absolute Gasteiger partial charge is 0.409 e. The molecule has 0 saturated carbocycles. The van der Waals surface area contributed by atoms with E-state index in [-0.39, 0.29) is 23.7 Å². The molecule has 0 radical (unpaired) electrons. The van der Waals surface area contributed by atoms with Gasteiger partial charge in [0.1, 0.15) is 11.7 Å². The molecule has 0 heterocycles. The molecule has 6 nitrogen and oxygen atoms in total. The van der Waals surface area contributed by atoms with E-state index < -0.39 is 15.8 Å². The first-order valence-electron chi connectivity index (χ1n) is 5.48. The van der Waals surface area contributed by atoms with Crippen LogP contribution in [-0.2, 0) is 10.0 Å². The zero-order valence-electron chi connectivity index (χ0n) is 10.7. The van der Waals surface area contributed by atoms with Gasteiger partial charge in [0.2, 0.25) is 10.0 Å². The van der Waals surface area contributed by atoms with E-state index in [0.29, 0.717) is 5.56 Å². The fraction of sp³-hybridized carbons (Fsp3) is 0.364. The van der Waals surface area contributed by atoms with E-state index in [1.165, 1.54) is 20.0 Å². The molecular weight excluding hydrogens is 273 g/mol. The molecule has 1 rings (SSSR count). The Labute approximate surface area is 111 Å². The zero-order chi connectivity index (χ0) is 14.6. The second-order valence-electron chi connectivity index (χ2n) is 4.08. The number of hydrogen-bond donors (Lipinski definition) is 2. The summed E-state index contributed by atoms with van der Waals surface area (Å²) in [5, 5.41) is 11.2. The topological polar surface area (TPSA) is 96.0 Å². The van der Waals surface area contributed by atoms with Crippen molar-refractivity contribution in [3.05, 3.63) is 29.6 Å². The lowest BCUT2D eigenvalue weighted by molar-refractivity contribution is 0.316. The molecule has 0 fully saturated rings. The first-order chi connectivity index (χ1) is 8.78. The van der Waals surface area contributed by atoms with Gasteiger partial charge in [0.25, 0.3) is 0 Å². The molecule has 106 valence electrons. The fourth-order valence-electron chi connectivity index (χ4n) is 1.51. The molecule has 1 aromatic carbocycles. The predicted molar refractivity (Wildman–Crippen MR) is 69.0 cm³/mol. The van der Waals surface area contributed by atoms with Crippen molar-refractivity contribution >= 4 is 15.9 Å². The smallest absolute Gasteiger partial charge is 0.243 e. The van der Waals surface area contributed by atoms with Crippen molar-refractivity contribution in [2.45, 2.75) is 18.2 Å². The minimum atomic E-state index is -3.72. The highest BCUT2D eigenvalue weighted by molar-refractivity contribution is 7.89. The average molecular weight is 289 g/mol. The van der Waals surface area contributed by atoms with Crippen LogP contribution in [0, 0.1) is 12.7 Å². The summed E-state index contributed by atoms with van der Waals surface area (Å²) < 4.78 is 38.5. The van der Waals surface area contributed by atoms with E-state index in [2.05, 4.69) is 5.16 Å². The molecule has 0 aliphatic carbocycles. The van der Waals surface area contributed by atoms with Gasteiger partial charge in [0.05, 0.1) is 4.90 Å². The molecule has 0 spiro atoms. The van der Waals surface area contributed by atoms with Gasteiger partial charge >= 0.3 is 0 Å². The van der Waals surface area contributed by atoms with Gasteiger partial charge in [-0.05, 0) is 30.7 Å². The Morgan fingerprint density at radius 2 is 2.16 bits per heavy atom. The van der Waals surface area contributed by atoms with E-state index in [9.17, 15) is 12.8 Å². The molecule has 8 heteroatoms. The van der Waals surface area contributed by atoms with Crippen molar-refractivity contribution in [2.75, 3.05) is 13.6 Å². The Balaban J connectivity index is 2.97. The number of amidine groups is 1. The number of halogens is 1. The highest BCUT2D eigenvalue weighted by atomic mass is 32.2. The number of rotatable bonds is 5. The number of hydrogen-bond acceptors (Lipinski definition) is 4. The van der Waals surface area contributed by atoms with E-state index in [1.807, 2.05) is 0 Å². The van der Waals surface area contributed by atoms with Crippen LogP contribution in [0.15, 0.2) is 28.3 Å². The van der Waals surface area contributed by atoms with Crippen LogP contribution in [0.1, 0.15) is 12.0 Å². The van der Waals surface area contributed by atoms with Gasteiger partial charge in [0, 0.05) is 20.0 Å². The van der Waals surface area contributed by atoms with Gasteiger partial charge in [-0.15, -0.1) is 0 Å². The SMILES string of the molecule is Cc1cc(F)ccc1S(=O)(=O)N(C)CC/C(N)=N/O. The molecule has 0 amide bonds. The van der Waals surface area contributed by atoms with Crippen LogP contribution >= 0.6 is 0 Å². The van der Waals surface area contributed by atoms with Gasteiger partial charge < -0.3 is 10.9 Å². The standard InChI is InChI=1S/C11H16FN3O3S/c1-8-7-9(12)3-4-10(8)19(17,18)15(2)6-5-11(13)14-16/h3-4,7,16H,5-6H2,1-2H3,(H2,13,14). The summed E-state index contributed by atoms with van der Waals surface area (Å²) in [6.45, 7) is 1.59. The van der Waals surface area contributed by atoms with Gasteiger partial charge in [-0.25, -0.2) is 17.1 Å². The van der Waals surface area contributed by atoms with E-state index in [0.717, 1.165) is 16.4 Å². The maximum Gasteiger partial charge on any atom is 0.243 e. The number of aryl methyl sites for hydroxylation is 1. The lowest BCUT2D eigenvalue weighted by Crippen LogP contribution is -2.31. The number of nitrogens with zero attached hydrogens (tertiary/aromatic N) is 2. The van der Waals surface area contributed by atoms with Crippen LogP contribution < -0.4 is 5.73 Å². The summed E-state index contributed by atoms with van der Waals surface area (Å²) in [6.07, 6.45) is 0.104. The minimum Gasteiger partial charge on any atom is -0.409 e. The van der Waals surface area contributed by atoms with Crippen molar-refractivity contribution in [1.29, 1.82) is 0 Å². The highest BCUT2D eigenvalue weighted by Crippen LogP contribution is 2.19. The molecule has 19 heavy (non-hydrogen) atoms. The van der Waals surface area contributed by atoms with Crippen LogP contribution in [0.2, 0.25) is 0 Å². The molecule has 0 atom stereocenters. The van der Waals surface area contributed by atoms with Crippen LogP contribution in [-0.4, -0.2) is 37.4 Å². The minimum absolute atomic E-state index is 0.0379. The molecule has 0 aliphatic heterocycles. The van der Waals surface area contributed by atoms with Gasteiger partial charge in [-0.3, -0.25) is 0 Å². The van der Waals surface area contributed by atoms with Crippen molar-refractivity contribution < 1.29 is 18.0 Å². The van der Waals surface area contributed by atoms with Crippen molar-refractivity contribution in [1.82, 2.24) is 4.31 Å². The van der Waals surface area contributed by atoms with Gasteiger partial charge in [-0.1, -0.05) is 5.16 Å². The van der Waals surface area contributed by atoms with Crippen molar-refractivity contribution in [2.24, 2.45) is 10.9 Å². The summed E-state index contributed by atoms with van der Waals surface area (Å²) in [5.74, 6) is -0.548. The van der Waals surface area contributed by atoms with E-state index >= 15 is 0 Å². The highest BCUT2D eigenvalue weighted by Gasteiger charge is 2.22. The first kappa shape index (κ1) is 15.4.